The molecule has 1 rings (SSSR count). The second kappa shape index (κ2) is 6.51. The fourth-order valence-corrected chi connectivity index (χ4v) is 1.51. The molecule has 0 bridgehead atoms. The Balaban J connectivity index is 2.64. The zero-order valence-electron chi connectivity index (χ0n) is 10.2. The van der Waals surface area contributed by atoms with Gasteiger partial charge >= 0.3 is 0 Å². The van der Waals surface area contributed by atoms with Crippen LogP contribution >= 0.6 is 0 Å². The van der Waals surface area contributed by atoms with Crippen LogP contribution in [0.15, 0.2) is 18.2 Å². The smallest absolute Gasteiger partial charge is 0.125 e. The predicted octanol–water partition coefficient (Wildman–Crippen LogP) is 2.46. The van der Waals surface area contributed by atoms with Gasteiger partial charge in [0.05, 0.1) is 12.7 Å². The van der Waals surface area contributed by atoms with Crippen LogP contribution in [-0.2, 0) is 4.74 Å². The molecule has 1 N–H and O–H groups in total. The number of aryl methyl sites for hydroxylation is 1. The number of aliphatic hydroxyl groups is 1. The first-order valence-electron chi connectivity index (χ1n) is 5.55. The number of ether oxygens (including phenoxy) is 2. The third-order valence-corrected chi connectivity index (χ3v) is 2.37. The minimum atomic E-state index is -0.502. The van der Waals surface area contributed by atoms with Crippen molar-refractivity contribution in [1.29, 1.82) is 0 Å². The van der Waals surface area contributed by atoms with Crippen LogP contribution in [-0.4, -0.2) is 25.4 Å². The summed E-state index contributed by atoms with van der Waals surface area (Å²) in [4.78, 5) is 0. The molecule has 0 amide bonds. The van der Waals surface area contributed by atoms with E-state index in [1.807, 2.05) is 25.1 Å². The van der Waals surface area contributed by atoms with E-state index in [4.69, 9.17) is 9.47 Å². The van der Waals surface area contributed by atoms with Gasteiger partial charge in [-0.2, -0.15) is 0 Å². The van der Waals surface area contributed by atoms with Gasteiger partial charge in [-0.25, -0.2) is 0 Å². The van der Waals surface area contributed by atoms with Gasteiger partial charge in [0, 0.05) is 25.7 Å². The first-order valence-corrected chi connectivity index (χ1v) is 5.55. The molecule has 0 aliphatic heterocycles. The van der Waals surface area contributed by atoms with Crippen LogP contribution < -0.4 is 4.74 Å². The lowest BCUT2D eigenvalue weighted by Gasteiger charge is -2.14. The lowest BCUT2D eigenvalue weighted by atomic mass is 10.1. The summed E-state index contributed by atoms with van der Waals surface area (Å²) >= 11 is 0. The molecule has 0 saturated carbocycles. The second-order valence-electron chi connectivity index (χ2n) is 3.91. The van der Waals surface area contributed by atoms with Crippen molar-refractivity contribution >= 4 is 0 Å². The largest absolute Gasteiger partial charge is 0.493 e. The minimum Gasteiger partial charge on any atom is -0.493 e. The van der Waals surface area contributed by atoms with E-state index in [1.165, 1.54) is 0 Å². The van der Waals surface area contributed by atoms with Gasteiger partial charge in [0.2, 0.25) is 0 Å². The van der Waals surface area contributed by atoms with Crippen LogP contribution in [0.5, 0.6) is 5.75 Å². The molecule has 0 aliphatic rings. The molecule has 0 aliphatic carbocycles. The van der Waals surface area contributed by atoms with Crippen molar-refractivity contribution in [2.24, 2.45) is 0 Å². The zero-order valence-corrected chi connectivity index (χ0v) is 10.2. The fourth-order valence-electron chi connectivity index (χ4n) is 1.51. The molecule has 0 unspecified atom stereocenters. The maximum atomic E-state index is 9.63. The Labute approximate surface area is 97.0 Å². The van der Waals surface area contributed by atoms with Crippen molar-refractivity contribution in [3.8, 4) is 5.75 Å². The number of hydrogen-bond donors (Lipinski definition) is 1. The summed E-state index contributed by atoms with van der Waals surface area (Å²) in [5.41, 5.74) is 1.97. The second-order valence-corrected chi connectivity index (χ2v) is 3.91. The van der Waals surface area contributed by atoms with Crippen LogP contribution in [0.25, 0.3) is 0 Å². The van der Waals surface area contributed by atoms with E-state index in [-0.39, 0.29) is 0 Å². The van der Waals surface area contributed by atoms with Gasteiger partial charge in [-0.15, -0.1) is 0 Å². The molecule has 90 valence electrons. The number of methoxy groups -OCH3 is 1. The Morgan fingerprint density at radius 1 is 1.31 bits per heavy atom. The molecule has 1 aromatic carbocycles. The first-order chi connectivity index (χ1) is 7.65. The third kappa shape index (κ3) is 3.83. The number of benzene rings is 1. The molecular weight excluding hydrogens is 204 g/mol. The zero-order chi connectivity index (χ0) is 12.0. The van der Waals surface area contributed by atoms with Gasteiger partial charge in [0.15, 0.2) is 0 Å². The lowest BCUT2D eigenvalue weighted by molar-refractivity contribution is 0.166. The van der Waals surface area contributed by atoms with Crippen molar-refractivity contribution < 1.29 is 14.6 Å². The summed E-state index contributed by atoms with van der Waals surface area (Å²) in [6.45, 7) is 5.05. The molecule has 16 heavy (non-hydrogen) atoms. The fraction of sp³-hybridized carbons (Fsp3) is 0.538. The molecule has 3 nitrogen and oxygen atoms in total. The number of aliphatic hydroxyl groups excluding tert-OH is 1. The summed E-state index contributed by atoms with van der Waals surface area (Å²) in [7, 11) is 1.67. The van der Waals surface area contributed by atoms with Gasteiger partial charge in [0.1, 0.15) is 5.75 Å². The molecule has 3 heteroatoms. The molecule has 0 heterocycles. The molecule has 0 radical (unpaired) electrons. The van der Waals surface area contributed by atoms with Crippen molar-refractivity contribution in [3.05, 3.63) is 29.3 Å². The highest BCUT2D eigenvalue weighted by atomic mass is 16.5. The Kier molecular flexibility index (Phi) is 5.29. The molecule has 0 spiro atoms. The minimum absolute atomic E-state index is 0.502. The third-order valence-electron chi connectivity index (χ3n) is 2.37. The predicted molar refractivity (Wildman–Crippen MR) is 63.8 cm³/mol. The van der Waals surface area contributed by atoms with Gasteiger partial charge in [-0.05, 0) is 26.0 Å². The highest BCUT2D eigenvalue weighted by molar-refractivity contribution is 5.38. The highest BCUT2D eigenvalue weighted by Crippen LogP contribution is 2.26. The molecule has 0 aromatic heterocycles. The summed E-state index contributed by atoms with van der Waals surface area (Å²) in [5, 5.41) is 9.63. The van der Waals surface area contributed by atoms with Crippen LogP contribution in [0.2, 0.25) is 0 Å². The van der Waals surface area contributed by atoms with E-state index in [9.17, 15) is 5.11 Å². The summed E-state index contributed by atoms with van der Waals surface area (Å²) < 4.78 is 10.6. The summed E-state index contributed by atoms with van der Waals surface area (Å²) in [6, 6.07) is 5.85. The Morgan fingerprint density at radius 2 is 2.06 bits per heavy atom. The van der Waals surface area contributed by atoms with Crippen LogP contribution in [0.3, 0.4) is 0 Å². The van der Waals surface area contributed by atoms with E-state index in [0.29, 0.717) is 13.2 Å². The average Bonchev–Trinajstić information content (AvgIpc) is 2.26. The Bertz CT molecular complexity index is 321. The molecule has 0 saturated heterocycles. The quantitative estimate of drug-likeness (QED) is 0.754. The summed E-state index contributed by atoms with van der Waals surface area (Å²) in [6.07, 6.45) is 0.348. The first kappa shape index (κ1) is 13.0. The van der Waals surface area contributed by atoms with E-state index < -0.39 is 6.10 Å². The maximum absolute atomic E-state index is 9.63. The van der Waals surface area contributed by atoms with Crippen molar-refractivity contribution in [1.82, 2.24) is 0 Å². The number of rotatable bonds is 6. The van der Waals surface area contributed by atoms with Gasteiger partial charge in [-0.3, -0.25) is 0 Å². The molecular formula is C13H20O3. The van der Waals surface area contributed by atoms with Gasteiger partial charge < -0.3 is 14.6 Å². The average molecular weight is 224 g/mol. The number of hydrogen-bond acceptors (Lipinski definition) is 3. The Morgan fingerprint density at radius 3 is 2.69 bits per heavy atom. The standard InChI is InChI=1S/C13H20O3/c1-10-5-6-13(12(9-10)11(2)14)16-8-4-7-15-3/h5-6,9,11,14H,4,7-8H2,1-3H3/t11-/m1/s1. The normalized spacial score (nSPS) is 12.5. The van der Waals surface area contributed by atoms with E-state index >= 15 is 0 Å². The van der Waals surface area contributed by atoms with Crippen LogP contribution in [0, 0.1) is 6.92 Å². The molecule has 1 aromatic rings. The van der Waals surface area contributed by atoms with Crippen molar-refractivity contribution in [3.63, 3.8) is 0 Å². The molecule has 0 fully saturated rings. The summed E-state index contributed by atoms with van der Waals surface area (Å²) in [5.74, 6) is 0.761. The van der Waals surface area contributed by atoms with Crippen molar-refractivity contribution in [2.75, 3.05) is 20.3 Å². The van der Waals surface area contributed by atoms with E-state index in [1.54, 1.807) is 14.0 Å². The SMILES string of the molecule is COCCCOc1ccc(C)cc1[C@@H](C)O. The lowest BCUT2D eigenvalue weighted by Crippen LogP contribution is -2.04. The maximum Gasteiger partial charge on any atom is 0.125 e. The van der Waals surface area contributed by atoms with E-state index in [2.05, 4.69) is 0 Å². The molecule has 1 atom stereocenters. The van der Waals surface area contributed by atoms with E-state index in [0.717, 1.165) is 23.3 Å². The topological polar surface area (TPSA) is 38.7 Å². The Hall–Kier alpha value is -1.06. The highest BCUT2D eigenvalue weighted by Gasteiger charge is 2.09. The van der Waals surface area contributed by atoms with Crippen molar-refractivity contribution in [2.45, 2.75) is 26.4 Å². The monoisotopic (exact) mass is 224 g/mol. The van der Waals surface area contributed by atoms with Gasteiger partial charge in [-0.1, -0.05) is 11.6 Å². The van der Waals surface area contributed by atoms with Gasteiger partial charge in [0.25, 0.3) is 0 Å². The van der Waals surface area contributed by atoms with Crippen LogP contribution in [0.1, 0.15) is 30.6 Å². The van der Waals surface area contributed by atoms with Crippen LogP contribution in [0.4, 0.5) is 0 Å².